The molecule has 0 aliphatic carbocycles. The zero-order chi connectivity index (χ0) is 20.9. The molecule has 1 amide bonds. The summed E-state index contributed by atoms with van der Waals surface area (Å²) >= 11 is 0. The summed E-state index contributed by atoms with van der Waals surface area (Å²) in [5.74, 6) is -0.0684. The van der Waals surface area contributed by atoms with Gasteiger partial charge in [0.05, 0.1) is 4.90 Å². The van der Waals surface area contributed by atoms with Crippen LogP contribution in [0.25, 0.3) is 0 Å². The third-order valence-electron chi connectivity index (χ3n) is 5.48. The van der Waals surface area contributed by atoms with Gasteiger partial charge < -0.3 is 4.90 Å². The molecule has 1 saturated heterocycles. The third kappa shape index (κ3) is 5.64. The SMILES string of the molecule is CCc1ccc(S(=O)(=O)NCCC2CCN(C(=O)c3ccc(F)cc3)CC2)cc1. The molecule has 1 aliphatic rings. The lowest BCUT2D eigenvalue weighted by molar-refractivity contribution is 0.0687. The number of likely N-dealkylation sites (tertiary alicyclic amines) is 1. The van der Waals surface area contributed by atoms with Crippen molar-refractivity contribution >= 4 is 15.9 Å². The van der Waals surface area contributed by atoms with Crippen molar-refractivity contribution in [1.29, 1.82) is 0 Å². The highest BCUT2D eigenvalue weighted by molar-refractivity contribution is 7.89. The number of halogens is 1. The van der Waals surface area contributed by atoms with Crippen molar-refractivity contribution in [1.82, 2.24) is 9.62 Å². The molecular weight excluding hydrogens is 391 g/mol. The number of carbonyl (C=O) groups excluding carboxylic acids is 1. The molecule has 5 nitrogen and oxygen atoms in total. The van der Waals surface area contributed by atoms with Gasteiger partial charge in [0.2, 0.25) is 10.0 Å². The number of carbonyl (C=O) groups is 1. The average Bonchev–Trinajstić information content (AvgIpc) is 2.74. The molecule has 29 heavy (non-hydrogen) atoms. The number of rotatable bonds is 7. The number of nitrogens with zero attached hydrogens (tertiary/aromatic N) is 1. The monoisotopic (exact) mass is 418 g/mol. The minimum atomic E-state index is -3.50. The first kappa shape index (κ1) is 21.5. The third-order valence-corrected chi connectivity index (χ3v) is 6.96. The lowest BCUT2D eigenvalue weighted by Crippen LogP contribution is -2.39. The van der Waals surface area contributed by atoms with Gasteiger partial charge >= 0.3 is 0 Å². The minimum Gasteiger partial charge on any atom is -0.339 e. The van der Waals surface area contributed by atoms with Gasteiger partial charge in [0.1, 0.15) is 5.82 Å². The van der Waals surface area contributed by atoms with Crippen molar-refractivity contribution in [3.05, 3.63) is 65.5 Å². The lowest BCUT2D eigenvalue weighted by Gasteiger charge is -2.32. The van der Waals surface area contributed by atoms with Crippen LogP contribution < -0.4 is 4.72 Å². The molecule has 0 unspecified atom stereocenters. The van der Waals surface area contributed by atoms with Crippen LogP contribution in [0, 0.1) is 11.7 Å². The van der Waals surface area contributed by atoms with Crippen molar-refractivity contribution in [3.8, 4) is 0 Å². The van der Waals surface area contributed by atoms with E-state index in [0.717, 1.165) is 31.2 Å². The van der Waals surface area contributed by atoms with Gasteiger partial charge in [-0.25, -0.2) is 17.5 Å². The van der Waals surface area contributed by atoms with Crippen LogP contribution in [-0.2, 0) is 16.4 Å². The highest BCUT2D eigenvalue weighted by Gasteiger charge is 2.24. The summed E-state index contributed by atoms with van der Waals surface area (Å²) in [6, 6.07) is 12.5. The second-order valence-electron chi connectivity index (χ2n) is 7.43. The van der Waals surface area contributed by atoms with E-state index < -0.39 is 10.0 Å². The van der Waals surface area contributed by atoms with Crippen molar-refractivity contribution < 1.29 is 17.6 Å². The highest BCUT2D eigenvalue weighted by atomic mass is 32.2. The fourth-order valence-corrected chi connectivity index (χ4v) is 4.63. The molecule has 0 radical (unpaired) electrons. The molecule has 3 rings (SSSR count). The first-order valence-corrected chi connectivity index (χ1v) is 11.5. The smallest absolute Gasteiger partial charge is 0.253 e. The number of benzene rings is 2. The zero-order valence-corrected chi connectivity index (χ0v) is 17.4. The Morgan fingerprint density at radius 3 is 2.28 bits per heavy atom. The van der Waals surface area contributed by atoms with Crippen molar-refractivity contribution in [2.45, 2.75) is 37.5 Å². The van der Waals surface area contributed by atoms with E-state index >= 15 is 0 Å². The Bertz CT molecular complexity index is 920. The fraction of sp³-hybridized carbons (Fsp3) is 0.409. The zero-order valence-electron chi connectivity index (χ0n) is 16.6. The fourth-order valence-electron chi connectivity index (χ4n) is 3.58. The second kappa shape index (κ2) is 9.50. The van der Waals surface area contributed by atoms with Gasteiger partial charge in [-0.2, -0.15) is 0 Å². The predicted molar refractivity (Wildman–Crippen MR) is 111 cm³/mol. The maximum atomic E-state index is 13.0. The molecule has 0 atom stereocenters. The van der Waals surface area contributed by atoms with Gasteiger partial charge in [-0.3, -0.25) is 4.79 Å². The summed E-state index contributed by atoms with van der Waals surface area (Å²) in [5, 5.41) is 0. The Balaban J connectivity index is 1.44. The average molecular weight is 419 g/mol. The summed E-state index contributed by atoms with van der Waals surface area (Å²) < 4.78 is 40.5. The summed E-state index contributed by atoms with van der Waals surface area (Å²) in [6.07, 6.45) is 3.28. The van der Waals surface area contributed by atoms with E-state index in [9.17, 15) is 17.6 Å². The Labute approximate surface area is 172 Å². The summed E-state index contributed by atoms with van der Waals surface area (Å²) in [7, 11) is -3.50. The largest absolute Gasteiger partial charge is 0.339 e. The molecule has 1 N–H and O–H groups in total. The number of nitrogens with one attached hydrogen (secondary N) is 1. The molecule has 1 fully saturated rings. The first-order chi connectivity index (χ1) is 13.9. The van der Waals surface area contributed by atoms with E-state index in [1.807, 2.05) is 19.1 Å². The molecule has 0 spiro atoms. The standard InChI is InChI=1S/C22H27FN2O3S/c1-2-17-3-9-21(10-4-17)29(27,28)24-14-11-18-12-15-25(16-13-18)22(26)19-5-7-20(23)8-6-19/h3-10,18,24H,2,11-16H2,1H3. The molecule has 0 aromatic heterocycles. The molecule has 156 valence electrons. The summed E-state index contributed by atoms with van der Waals surface area (Å²) in [6.45, 7) is 3.67. The van der Waals surface area contributed by atoms with E-state index in [1.165, 1.54) is 24.3 Å². The predicted octanol–water partition coefficient (Wildman–Crippen LogP) is 3.61. The number of aryl methyl sites for hydroxylation is 1. The molecule has 1 aliphatic heterocycles. The van der Waals surface area contributed by atoms with Gasteiger partial charge in [-0.05, 0) is 73.6 Å². The first-order valence-electron chi connectivity index (χ1n) is 10.0. The Morgan fingerprint density at radius 2 is 1.69 bits per heavy atom. The molecular formula is C22H27FN2O3S. The van der Waals surface area contributed by atoms with Crippen LogP contribution in [0.3, 0.4) is 0 Å². The van der Waals surface area contributed by atoms with Crippen molar-refractivity contribution in [3.63, 3.8) is 0 Å². The summed E-state index contributed by atoms with van der Waals surface area (Å²) in [5.41, 5.74) is 1.59. The van der Waals surface area contributed by atoms with Crippen LogP contribution in [-0.4, -0.2) is 38.9 Å². The molecule has 1 heterocycles. The Hall–Kier alpha value is -2.25. The lowest BCUT2D eigenvalue weighted by atomic mass is 9.93. The topological polar surface area (TPSA) is 66.5 Å². The number of piperidine rings is 1. The van der Waals surface area contributed by atoms with Crippen LogP contribution in [0.5, 0.6) is 0 Å². The van der Waals surface area contributed by atoms with Gasteiger partial charge in [0.25, 0.3) is 5.91 Å². The second-order valence-corrected chi connectivity index (χ2v) is 9.19. The van der Waals surface area contributed by atoms with E-state index in [4.69, 9.17) is 0 Å². The number of hydrogen-bond acceptors (Lipinski definition) is 3. The molecule has 0 saturated carbocycles. The van der Waals surface area contributed by atoms with Crippen LogP contribution in [0.2, 0.25) is 0 Å². The van der Waals surface area contributed by atoms with E-state index in [0.29, 0.717) is 31.1 Å². The van der Waals surface area contributed by atoms with Crippen LogP contribution in [0.15, 0.2) is 53.4 Å². The van der Waals surface area contributed by atoms with Gasteiger partial charge in [0, 0.05) is 25.2 Å². The maximum absolute atomic E-state index is 13.0. The highest BCUT2D eigenvalue weighted by Crippen LogP contribution is 2.22. The van der Waals surface area contributed by atoms with Gasteiger partial charge in [0.15, 0.2) is 0 Å². The van der Waals surface area contributed by atoms with Gasteiger partial charge in [-0.15, -0.1) is 0 Å². The molecule has 2 aromatic rings. The van der Waals surface area contributed by atoms with Gasteiger partial charge in [-0.1, -0.05) is 19.1 Å². The van der Waals surface area contributed by atoms with E-state index in [1.54, 1.807) is 17.0 Å². The van der Waals surface area contributed by atoms with E-state index in [2.05, 4.69) is 4.72 Å². The van der Waals surface area contributed by atoms with Crippen molar-refractivity contribution in [2.24, 2.45) is 5.92 Å². The number of hydrogen-bond donors (Lipinski definition) is 1. The van der Waals surface area contributed by atoms with Crippen LogP contribution in [0.4, 0.5) is 4.39 Å². The normalized spacial score (nSPS) is 15.4. The van der Waals surface area contributed by atoms with Crippen LogP contribution in [0.1, 0.15) is 42.1 Å². The maximum Gasteiger partial charge on any atom is 0.253 e. The Kier molecular flexibility index (Phi) is 7.03. The molecule has 7 heteroatoms. The number of sulfonamides is 1. The van der Waals surface area contributed by atoms with Crippen molar-refractivity contribution in [2.75, 3.05) is 19.6 Å². The molecule has 2 aromatic carbocycles. The number of amides is 1. The summed E-state index contributed by atoms with van der Waals surface area (Å²) in [4.78, 5) is 14.5. The van der Waals surface area contributed by atoms with Crippen LogP contribution >= 0.6 is 0 Å². The Morgan fingerprint density at radius 1 is 1.07 bits per heavy atom. The van der Waals surface area contributed by atoms with E-state index in [-0.39, 0.29) is 16.6 Å². The quantitative estimate of drug-likeness (QED) is 0.747. The molecule has 0 bridgehead atoms. The minimum absolute atomic E-state index is 0.0836.